The van der Waals surface area contributed by atoms with E-state index < -0.39 is 0 Å². The summed E-state index contributed by atoms with van der Waals surface area (Å²) < 4.78 is 4.96. The highest BCUT2D eigenvalue weighted by Crippen LogP contribution is 2.23. The summed E-state index contributed by atoms with van der Waals surface area (Å²) in [4.78, 5) is 11.9. The van der Waals surface area contributed by atoms with Crippen LogP contribution in [0.5, 0.6) is 0 Å². The fourth-order valence-electron chi connectivity index (χ4n) is 1.95. The summed E-state index contributed by atoms with van der Waals surface area (Å²) in [5.41, 5.74) is 3.40. The van der Waals surface area contributed by atoms with E-state index in [0.29, 0.717) is 19.1 Å². The SMILES string of the molecule is COCCCNC(=O)/C=C(/c1ccc(C)cc1)C(C)C. The number of nitrogens with one attached hydrogen (secondary N) is 1. The summed E-state index contributed by atoms with van der Waals surface area (Å²) in [6, 6.07) is 8.28. The number of rotatable bonds is 7. The minimum atomic E-state index is -0.0367. The van der Waals surface area contributed by atoms with Gasteiger partial charge in [0, 0.05) is 26.3 Å². The van der Waals surface area contributed by atoms with Crippen LogP contribution in [0.2, 0.25) is 0 Å². The first-order chi connectivity index (χ1) is 9.54. The maximum Gasteiger partial charge on any atom is 0.244 e. The Morgan fingerprint density at radius 1 is 1.30 bits per heavy atom. The minimum Gasteiger partial charge on any atom is -0.385 e. The lowest BCUT2D eigenvalue weighted by Crippen LogP contribution is -2.23. The Bertz CT molecular complexity index is 447. The maximum absolute atomic E-state index is 11.9. The molecule has 0 unspecified atom stereocenters. The van der Waals surface area contributed by atoms with E-state index in [-0.39, 0.29) is 5.91 Å². The molecule has 0 aromatic heterocycles. The highest BCUT2D eigenvalue weighted by molar-refractivity contribution is 5.95. The number of benzene rings is 1. The average Bonchev–Trinajstić information content (AvgIpc) is 2.42. The van der Waals surface area contributed by atoms with Gasteiger partial charge in [0.25, 0.3) is 0 Å². The molecule has 0 fully saturated rings. The van der Waals surface area contributed by atoms with Crippen molar-refractivity contribution >= 4 is 11.5 Å². The maximum atomic E-state index is 11.9. The van der Waals surface area contributed by atoms with Gasteiger partial charge in [-0.15, -0.1) is 0 Å². The first-order valence-corrected chi connectivity index (χ1v) is 7.10. The number of amides is 1. The number of ether oxygens (including phenoxy) is 1. The number of carbonyl (C=O) groups is 1. The van der Waals surface area contributed by atoms with E-state index in [1.54, 1.807) is 13.2 Å². The zero-order valence-electron chi connectivity index (χ0n) is 12.9. The van der Waals surface area contributed by atoms with Crippen LogP contribution in [0.15, 0.2) is 30.3 Å². The van der Waals surface area contributed by atoms with Gasteiger partial charge >= 0.3 is 0 Å². The highest BCUT2D eigenvalue weighted by Gasteiger charge is 2.08. The van der Waals surface area contributed by atoms with Crippen molar-refractivity contribution in [2.75, 3.05) is 20.3 Å². The molecule has 0 radical (unpaired) electrons. The van der Waals surface area contributed by atoms with Crippen molar-refractivity contribution in [1.29, 1.82) is 0 Å². The lowest BCUT2D eigenvalue weighted by Gasteiger charge is -2.12. The Morgan fingerprint density at radius 3 is 2.50 bits per heavy atom. The van der Waals surface area contributed by atoms with Gasteiger partial charge in [-0.05, 0) is 30.4 Å². The molecule has 110 valence electrons. The Kier molecular flexibility index (Phi) is 7.02. The molecule has 0 heterocycles. The molecule has 0 bridgehead atoms. The van der Waals surface area contributed by atoms with Crippen LogP contribution in [0.1, 0.15) is 31.4 Å². The summed E-state index contributed by atoms with van der Waals surface area (Å²) in [6.45, 7) is 7.57. The van der Waals surface area contributed by atoms with Crippen molar-refractivity contribution in [1.82, 2.24) is 5.32 Å². The van der Waals surface area contributed by atoms with Gasteiger partial charge in [0.1, 0.15) is 0 Å². The van der Waals surface area contributed by atoms with Crippen molar-refractivity contribution in [2.24, 2.45) is 5.92 Å². The number of carbonyl (C=O) groups excluding carboxylic acids is 1. The van der Waals surface area contributed by atoms with E-state index >= 15 is 0 Å². The summed E-state index contributed by atoms with van der Waals surface area (Å²) in [6.07, 6.45) is 2.54. The van der Waals surface area contributed by atoms with Crippen molar-refractivity contribution < 1.29 is 9.53 Å². The second-order valence-electron chi connectivity index (χ2n) is 5.26. The summed E-state index contributed by atoms with van der Waals surface area (Å²) in [5, 5.41) is 2.89. The smallest absolute Gasteiger partial charge is 0.244 e. The van der Waals surface area contributed by atoms with Crippen LogP contribution in [0.25, 0.3) is 5.57 Å². The van der Waals surface area contributed by atoms with E-state index in [9.17, 15) is 4.79 Å². The Balaban J connectivity index is 2.72. The van der Waals surface area contributed by atoms with Gasteiger partial charge < -0.3 is 10.1 Å². The predicted octanol–water partition coefficient (Wildman–Crippen LogP) is 3.19. The second-order valence-corrected chi connectivity index (χ2v) is 5.26. The van der Waals surface area contributed by atoms with Gasteiger partial charge in [-0.1, -0.05) is 43.7 Å². The normalized spacial score (nSPS) is 11.8. The molecule has 0 saturated carbocycles. The Morgan fingerprint density at radius 2 is 1.95 bits per heavy atom. The largest absolute Gasteiger partial charge is 0.385 e. The van der Waals surface area contributed by atoms with Crippen LogP contribution < -0.4 is 5.32 Å². The number of hydrogen-bond donors (Lipinski definition) is 1. The quantitative estimate of drug-likeness (QED) is 0.613. The third-order valence-electron chi connectivity index (χ3n) is 3.12. The molecule has 3 heteroatoms. The molecule has 1 N–H and O–H groups in total. The van der Waals surface area contributed by atoms with Crippen molar-refractivity contribution in [3.05, 3.63) is 41.5 Å². The molecular formula is C17H25NO2. The van der Waals surface area contributed by atoms with E-state index in [1.165, 1.54) is 5.56 Å². The highest BCUT2D eigenvalue weighted by atomic mass is 16.5. The average molecular weight is 275 g/mol. The van der Waals surface area contributed by atoms with Crippen LogP contribution in [0, 0.1) is 12.8 Å². The number of methoxy groups -OCH3 is 1. The molecule has 1 aromatic rings. The molecular weight excluding hydrogens is 250 g/mol. The lowest BCUT2D eigenvalue weighted by atomic mass is 9.94. The van der Waals surface area contributed by atoms with E-state index in [4.69, 9.17) is 4.74 Å². The van der Waals surface area contributed by atoms with Crippen molar-refractivity contribution in [3.8, 4) is 0 Å². The lowest BCUT2D eigenvalue weighted by molar-refractivity contribution is -0.116. The molecule has 0 spiro atoms. The predicted molar refractivity (Wildman–Crippen MR) is 83.5 cm³/mol. The van der Waals surface area contributed by atoms with Gasteiger partial charge in [0.05, 0.1) is 0 Å². The van der Waals surface area contributed by atoms with Gasteiger partial charge in [0.2, 0.25) is 5.91 Å². The van der Waals surface area contributed by atoms with Gasteiger partial charge in [0.15, 0.2) is 0 Å². The molecule has 20 heavy (non-hydrogen) atoms. The van der Waals surface area contributed by atoms with Crippen LogP contribution >= 0.6 is 0 Å². The summed E-state index contributed by atoms with van der Waals surface area (Å²) >= 11 is 0. The molecule has 1 aromatic carbocycles. The fraction of sp³-hybridized carbons (Fsp3) is 0.471. The Hall–Kier alpha value is -1.61. The number of allylic oxidation sites excluding steroid dienone is 1. The molecule has 0 saturated heterocycles. The number of aryl methyl sites for hydroxylation is 1. The standard InChI is InChI=1S/C17H25NO2/c1-13(2)16(15-8-6-14(3)7-9-15)12-17(19)18-10-5-11-20-4/h6-9,12-13H,5,10-11H2,1-4H3,(H,18,19)/b16-12+. The summed E-state index contributed by atoms with van der Waals surface area (Å²) in [5.74, 6) is 0.271. The molecule has 1 amide bonds. The van der Waals surface area contributed by atoms with E-state index in [2.05, 4.69) is 50.4 Å². The monoisotopic (exact) mass is 275 g/mol. The van der Waals surface area contributed by atoms with Gasteiger partial charge in [-0.3, -0.25) is 4.79 Å². The van der Waals surface area contributed by atoms with Crippen LogP contribution in [-0.2, 0) is 9.53 Å². The third kappa shape index (κ3) is 5.57. The minimum absolute atomic E-state index is 0.0367. The Labute approximate surface area is 122 Å². The van der Waals surface area contributed by atoms with Crippen LogP contribution in [-0.4, -0.2) is 26.2 Å². The van der Waals surface area contributed by atoms with Gasteiger partial charge in [-0.2, -0.15) is 0 Å². The molecule has 0 aliphatic rings. The van der Waals surface area contributed by atoms with Crippen molar-refractivity contribution in [2.45, 2.75) is 27.2 Å². The van der Waals surface area contributed by atoms with Crippen LogP contribution in [0.4, 0.5) is 0 Å². The zero-order chi connectivity index (χ0) is 15.0. The van der Waals surface area contributed by atoms with Gasteiger partial charge in [-0.25, -0.2) is 0 Å². The fourth-order valence-corrected chi connectivity index (χ4v) is 1.95. The topological polar surface area (TPSA) is 38.3 Å². The van der Waals surface area contributed by atoms with E-state index in [0.717, 1.165) is 17.6 Å². The first kappa shape index (κ1) is 16.4. The zero-order valence-corrected chi connectivity index (χ0v) is 12.9. The van der Waals surface area contributed by atoms with Crippen molar-refractivity contribution in [3.63, 3.8) is 0 Å². The summed E-state index contributed by atoms with van der Waals surface area (Å²) in [7, 11) is 1.66. The third-order valence-corrected chi connectivity index (χ3v) is 3.12. The second kappa shape index (κ2) is 8.54. The molecule has 1 rings (SSSR count). The van der Waals surface area contributed by atoms with E-state index in [1.807, 2.05) is 0 Å². The molecule has 0 atom stereocenters. The first-order valence-electron chi connectivity index (χ1n) is 7.10. The number of hydrogen-bond acceptors (Lipinski definition) is 2. The van der Waals surface area contributed by atoms with Crippen LogP contribution in [0.3, 0.4) is 0 Å². The molecule has 3 nitrogen and oxygen atoms in total. The molecule has 0 aliphatic heterocycles. The molecule has 0 aliphatic carbocycles.